The third kappa shape index (κ3) is 6.38. The lowest BCUT2D eigenvalue weighted by molar-refractivity contribution is -0.632. The quantitative estimate of drug-likeness (QED) is 0.380. The van der Waals surface area contributed by atoms with Crippen LogP contribution in [0.2, 0.25) is 0 Å². The van der Waals surface area contributed by atoms with Crippen molar-refractivity contribution in [2.24, 2.45) is 0 Å². The van der Waals surface area contributed by atoms with Gasteiger partial charge in [-0.05, 0) is 49.8 Å². The summed E-state index contributed by atoms with van der Waals surface area (Å²) in [5, 5.41) is 22.4. The van der Waals surface area contributed by atoms with Crippen molar-refractivity contribution in [3.63, 3.8) is 0 Å². The molecule has 0 amide bonds. The van der Waals surface area contributed by atoms with Crippen LogP contribution in [0, 0.1) is 5.41 Å². The fraction of sp³-hybridized carbons (Fsp3) is 0.364. The second-order valence-electron chi connectivity index (χ2n) is 7.46. The number of carboxylic acid groups (broad SMARTS) is 1. The number of hydrogen-bond acceptors (Lipinski definition) is 5. The number of H-pyrrole nitrogens is 1. The van der Waals surface area contributed by atoms with E-state index in [0.717, 1.165) is 49.3 Å². The Morgan fingerprint density at radius 2 is 2.20 bits per heavy atom. The second-order valence-corrected chi connectivity index (χ2v) is 7.46. The van der Waals surface area contributed by atoms with Crippen LogP contribution < -0.4 is 16.2 Å². The third-order valence-electron chi connectivity index (χ3n) is 5.10. The molecular formula is C22H28N5O3+. The third-order valence-corrected chi connectivity index (χ3v) is 5.10. The number of nitrogens with zero attached hydrogens (tertiary/aromatic N) is 1. The van der Waals surface area contributed by atoms with Crippen molar-refractivity contribution >= 4 is 17.5 Å². The standard InChI is InChI=1S/C22H27N5O3/c23-17(4-1-5-18-8-6-15-3-2-11-25-22(15)27-18)10-12-24-19(13-21(29)30)16-7-9-20(28)26-14-16/h6-10,12,14,19,23-24H,1-5,11,13H2,(H,25,27)(H,26,28)(H,29,30)/p+1. The van der Waals surface area contributed by atoms with Crippen LogP contribution in [0.4, 0.5) is 5.82 Å². The molecule has 0 radical (unpaired) electrons. The number of aromatic amines is 1. The van der Waals surface area contributed by atoms with E-state index < -0.39 is 5.97 Å². The van der Waals surface area contributed by atoms with Gasteiger partial charge in [-0.25, -0.2) is 4.98 Å². The van der Waals surface area contributed by atoms with Gasteiger partial charge in [-0.15, -0.1) is 0 Å². The number of aryl methyl sites for hydroxylation is 2. The molecule has 0 spiro atoms. The fourth-order valence-electron chi connectivity index (χ4n) is 3.50. The van der Waals surface area contributed by atoms with E-state index >= 15 is 0 Å². The van der Waals surface area contributed by atoms with E-state index in [1.807, 2.05) is 0 Å². The van der Waals surface area contributed by atoms with E-state index in [4.69, 9.17) is 10.5 Å². The molecule has 1 aliphatic heterocycles. The van der Waals surface area contributed by atoms with E-state index in [1.54, 1.807) is 23.7 Å². The first-order valence-corrected chi connectivity index (χ1v) is 10.2. The van der Waals surface area contributed by atoms with Crippen LogP contribution in [0.3, 0.4) is 0 Å². The number of pyridine rings is 2. The Hall–Kier alpha value is -3.26. The summed E-state index contributed by atoms with van der Waals surface area (Å²) in [7, 11) is 0. The minimum atomic E-state index is -0.919. The summed E-state index contributed by atoms with van der Waals surface area (Å²) in [6, 6.07) is 6.86. The van der Waals surface area contributed by atoms with Crippen molar-refractivity contribution in [3.05, 3.63) is 69.9 Å². The number of nitrogens with one attached hydrogen (secondary N) is 3. The summed E-state index contributed by atoms with van der Waals surface area (Å²) < 4.78 is 0. The first kappa shape index (κ1) is 21.4. The van der Waals surface area contributed by atoms with Crippen LogP contribution in [0.1, 0.15) is 48.5 Å². The number of quaternary nitrogens is 1. The van der Waals surface area contributed by atoms with E-state index in [1.165, 1.54) is 17.8 Å². The molecule has 3 rings (SSSR count). The fourth-order valence-corrected chi connectivity index (χ4v) is 3.50. The average molecular weight is 410 g/mol. The van der Waals surface area contributed by atoms with Gasteiger partial charge in [0, 0.05) is 41.9 Å². The maximum Gasteiger partial charge on any atom is 0.309 e. The number of carbonyl (C=O) groups is 1. The molecule has 1 aliphatic rings. The van der Waals surface area contributed by atoms with Gasteiger partial charge in [0.05, 0.1) is 6.20 Å². The van der Waals surface area contributed by atoms with E-state index in [2.05, 4.69) is 27.4 Å². The lowest BCUT2D eigenvalue weighted by Gasteiger charge is -2.17. The van der Waals surface area contributed by atoms with Crippen molar-refractivity contribution in [2.75, 3.05) is 11.9 Å². The number of allylic oxidation sites excluding steroid dienone is 1. The Kier molecular flexibility index (Phi) is 7.51. The van der Waals surface area contributed by atoms with Gasteiger partial charge in [0.25, 0.3) is 0 Å². The number of hydrogen-bond donors (Lipinski definition) is 5. The SMILES string of the molecule is N=C(C=C[NH2+]C(CC(=O)O)c1ccc(=O)[nH]c1)CCCc1ccc2c(n1)NCCC2. The summed E-state index contributed by atoms with van der Waals surface area (Å²) >= 11 is 0. The molecule has 0 bridgehead atoms. The van der Waals surface area contributed by atoms with E-state index in [9.17, 15) is 9.59 Å². The second kappa shape index (κ2) is 10.5. The van der Waals surface area contributed by atoms with Gasteiger partial charge in [0.2, 0.25) is 5.56 Å². The number of carboxylic acids is 1. The number of rotatable bonds is 10. The zero-order valence-electron chi connectivity index (χ0n) is 16.9. The molecule has 0 aliphatic carbocycles. The summed E-state index contributed by atoms with van der Waals surface area (Å²) in [6.45, 7) is 0.970. The lowest BCUT2D eigenvalue weighted by Crippen LogP contribution is -2.79. The molecule has 6 N–H and O–H groups in total. The zero-order chi connectivity index (χ0) is 21.3. The Balaban J connectivity index is 1.47. The van der Waals surface area contributed by atoms with E-state index in [0.29, 0.717) is 12.1 Å². The molecule has 2 aromatic rings. The predicted molar refractivity (Wildman–Crippen MR) is 115 cm³/mol. The van der Waals surface area contributed by atoms with Crippen molar-refractivity contribution in [2.45, 2.75) is 44.6 Å². The molecule has 8 nitrogen and oxygen atoms in total. The number of aliphatic carboxylic acids is 1. The van der Waals surface area contributed by atoms with Crippen molar-refractivity contribution in [1.82, 2.24) is 9.97 Å². The molecule has 0 saturated carbocycles. The minimum Gasteiger partial charge on any atom is -0.481 e. The van der Waals surface area contributed by atoms with Gasteiger partial charge in [-0.3, -0.25) is 9.59 Å². The molecule has 30 heavy (non-hydrogen) atoms. The zero-order valence-corrected chi connectivity index (χ0v) is 16.9. The molecular weight excluding hydrogens is 382 g/mol. The topological polar surface area (TPSA) is 136 Å². The lowest BCUT2D eigenvalue weighted by atomic mass is 10.0. The average Bonchev–Trinajstić information content (AvgIpc) is 2.73. The molecule has 8 heteroatoms. The van der Waals surface area contributed by atoms with Crippen molar-refractivity contribution < 1.29 is 15.2 Å². The van der Waals surface area contributed by atoms with Crippen LogP contribution in [0.25, 0.3) is 0 Å². The molecule has 0 fully saturated rings. The molecule has 158 valence electrons. The Labute approximate surface area is 175 Å². The van der Waals surface area contributed by atoms with Crippen molar-refractivity contribution in [1.29, 1.82) is 5.41 Å². The Morgan fingerprint density at radius 3 is 2.97 bits per heavy atom. The first-order chi connectivity index (χ1) is 14.5. The maximum atomic E-state index is 11.2. The molecule has 0 aromatic carbocycles. The smallest absolute Gasteiger partial charge is 0.309 e. The number of fused-ring (bicyclic) bond motifs is 1. The summed E-state index contributed by atoms with van der Waals surface area (Å²) in [5.41, 5.74) is 3.29. The molecule has 2 aromatic heterocycles. The summed E-state index contributed by atoms with van der Waals surface area (Å²) in [5.74, 6) is 0.0769. The number of nitrogens with two attached hydrogens (primary N) is 1. The molecule has 1 atom stereocenters. The van der Waals surface area contributed by atoms with Gasteiger partial charge in [0.15, 0.2) is 0 Å². The molecule has 3 heterocycles. The van der Waals surface area contributed by atoms with E-state index in [-0.39, 0.29) is 18.0 Å². The van der Waals surface area contributed by atoms with Crippen LogP contribution in [0.5, 0.6) is 0 Å². The number of anilines is 1. The van der Waals surface area contributed by atoms with Crippen LogP contribution in [-0.4, -0.2) is 33.3 Å². The largest absolute Gasteiger partial charge is 0.481 e. The Morgan fingerprint density at radius 1 is 1.33 bits per heavy atom. The van der Waals surface area contributed by atoms with Crippen LogP contribution in [-0.2, 0) is 17.6 Å². The molecule has 1 unspecified atom stereocenters. The van der Waals surface area contributed by atoms with Crippen molar-refractivity contribution in [3.8, 4) is 0 Å². The normalized spacial score (nSPS) is 14.1. The monoisotopic (exact) mass is 410 g/mol. The van der Waals surface area contributed by atoms with Crippen LogP contribution in [0.15, 0.2) is 47.5 Å². The summed E-state index contributed by atoms with van der Waals surface area (Å²) in [4.78, 5) is 29.6. The minimum absolute atomic E-state index is 0.0816. The number of aromatic nitrogens is 2. The van der Waals surface area contributed by atoms with Gasteiger partial charge in [0.1, 0.15) is 18.3 Å². The maximum absolute atomic E-state index is 11.2. The van der Waals surface area contributed by atoms with Crippen LogP contribution >= 0.6 is 0 Å². The highest BCUT2D eigenvalue weighted by Gasteiger charge is 2.18. The van der Waals surface area contributed by atoms with Gasteiger partial charge in [-0.1, -0.05) is 6.07 Å². The highest BCUT2D eigenvalue weighted by atomic mass is 16.4. The highest BCUT2D eigenvalue weighted by molar-refractivity contribution is 5.91. The summed E-state index contributed by atoms with van der Waals surface area (Å²) in [6.07, 6.45) is 9.35. The predicted octanol–water partition coefficient (Wildman–Crippen LogP) is 1.76. The first-order valence-electron chi connectivity index (χ1n) is 10.2. The Bertz CT molecular complexity index is 962. The van der Waals surface area contributed by atoms with Gasteiger partial charge in [-0.2, -0.15) is 0 Å². The van der Waals surface area contributed by atoms with Gasteiger partial charge >= 0.3 is 5.97 Å². The highest BCUT2D eigenvalue weighted by Crippen LogP contribution is 2.20. The molecule has 0 saturated heterocycles. The van der Waals surface area contributed by atoms with Gasteiger partial charge < -0.3 is 26.1 Å².